The van der Waals surface area contributed by atoms with Gasteiger partial charge in [-0.2, -0.15) is 0 Å². The molecule has 0 aliphatic carbocycles. The first-order chi connectivity index (χ1) is 14.0. The summed E-state index contributed by atoms with van der Waals surface area (Å²) in [6, 6.07) is 12.0. The van der Waals surface area contributed by atoms with Gasteiger partial charge in [0.2, 0.25) is 5.91 Å². The molecular formula is C19H12Cl2N4O2S2. The highest BCUT2D eigenvalue weighted by Crippen LogP contribution is 2.27. The minimum atomic E-state index is -0.253. The summed E-state index contributed by atoms with van der Waals surface area (Å²) in [5, 5.41) is 6.55. The lowest BCUT2D eigenvalue weighted by Gasteiger charge is -2.13. The number of amides is 1. The number of hydrogen-bond acceptors (Lipinski definition) is 6. The first-order valence-corrected chi connectivity index (χ1v) is 10.9. The number of hydrogen-bond donors (Lipinski definition) is 1. The number of rotatable bonds is 5. The molecule has 0 radical (unpaired) electrons. The van der Waals surface area contributed by atoms with Crippen LogP contribution in [0.1, 0.15) is 0 Å². The highest BCUT2D eigenvalue weighted by atomic mass is 35.5. The van der Waals surface area contributed by atoms with E-state index in [1.807, 2.05) is 6.07 Å². The molecule has 0 aliphatic heterocycles. The number of thioether (sulfide) groups is 1. The van der Waals surface area contributed by atoms with Gasteiger partial charge in [-0.05, 0) is 30.3 Å². The molecule has 4 aromatic rings. The molecule has 2 heterocycles. The Labute approximate surface area is 183 Å². The summed E-state index contributed by atoms with van der Waals surface area (Å²) in [6.07, 6.45) is 1.61. The normalized spacial score (nSPS) is 11.0. The average Bonchev–Trinajstić information content (AvgIpc) is 3.22. The van der Waals surface area contributed by atoms with Gasteiger partial charge in [-0.1, -0.05) is 47.1 Å². The molecule has 0 aliphatic rings. The van der Waals surface area contributed by atoms with Gasteiger partial charge in [0.25, 0.3) is 5.56 Å². The van der Waals surface area contributed by atoms with Crippen LogP contribution >= 0.6 is 46.3 Å². The number of aromatic nitrogens is 3. The van der Waals surface area contributed by atoms with Gasteiger partial charge in [0.15, 0.2) is 10.3 Å². The van der Waals surface area contributed by atoms with Crippen molar-refractivity contribution in [2.24, 2.45) is 0 Å². The van der Waals surface area contributed by atoms with Gasteiger partial charge < -0.3 is 5.32 Å². The van der Waals surface area contributed by atoms with E-state index in [0.717, 1.165) is 11.8 Å². The van der Waals surface area contributed by atoms with Crippen molar-refractivity contribution in [1.29, 1.82) is 0 Å². The van der Waals surface area contributed by atoms with Gasteiger partial charge in [0, 0.05) is 11.6 Å². The molecule has 0 saturated carbocycles. The number of nitrogens with zero attached hydrogens (tertiary/aromatic N) is 3. The third-order valence-electron chi connectivity index (χ3n) is 3.92. The SMILES string of the molecule is O=C(CSc1nc2ccccc2c(=O)n1-c1ccc(Cl)c(Cl)c1)Nc1nccs1. The fourth-order valence-corrected chi connectivity index (χ4v) is 4.28. The summed E-state index contributed by atoms with van der Waals surface area (Å²) < 4.78 is 1.44. The summed E-state index contributed by atoms with van der Waals surface area (Å²) in [4.78, 5) is 34.1. The molecular weight excluding hydrogens is 451 g/mol. The predicted octanol–water partition coefficient (Wildman–Crippen LogP) is 4.88. The molecule has 1 amide bonds. The lowest BCUT2D eigenvalue weighted by Crippen LogP contribution is -2.23. The third-order valence-corrected chi connectivity index (χ3v) is 6.28. The van der Waals surface area contributed by atoms with Crippen LogP contribution in [-0.4, -0.2) is 26.2 Å². The predicted molar refractivity (Wildman–Crippen MR) is 119 cm³/mol. The number of fused-ring (bicyclic) bond motifs is 1. The summed E-state index contributed by atoms with van der Waals surface area (Å²) in [5.41, 5.74) is 0.818. The summed E-state index contributed by atoms with van der Waals surface area (Å²) in [7, 11) is 0. The van der Waals surface area contributed by atoms with Crippen LogP contribution in [0.15, 0.2) is 64.0 Å². The molecule has 0 atom stereocenters. The van der Waals surface area contributed by atoms with Crippen LogP contribution in [0.5, 0.6) is 0 Å². The lowest BCUT2D eigenvalue weighted by atomic mass is 10.2. The zero-order valence-corrected chi connectivity index (χ0v) is 17.8. The molecule has 1 N–H and O–H groups in total. The number of benzene rings is 2. The quantitative estimate of drug-likeness (QED) is 0.337. The van der Waals surface area contributed by atoms with Crippen LogP contribution in [0.2, 0.25) is 10.0 Å². The lowest BCUT2D eigenvalue weighted by molar-refractivity contribution is -0.113. The Hall–Kier alpha value is -2.39. The van der Waals surface area contributed by atoms with Crippen LogP contribution in [-0.2, 0) is 4.79 Å². The van der Waals surface area contributed by atoms with E-state index < -0.39 is 0 Å². The van der Waals surface area contributed by atoms with Crippen molar-refractivity contribution in [1.82, 2.24) is 14.5 Å². The molecule has 10 heteroatoms. The largest absolute Gasteiger partial charge is 0.301 e. The first kappa shape index (κ1) is 19.9. The van der Waals surface area contributed by atoms with Crippen LogP contribution in [0.25, 0.3) is 16.6 Å². The summed E-state index contributed by atoms with van der Waals surface area (Å²) >= 11 is 14.6. The summed E-state index contributed by atoms with van der Waals surface area (Å²) in [6.45, 7) is 0. The maximum absolute atomic E-state index is 13.2. The molecule has 2 aromatic heterocycles. The fourth-order valence-electron chi connectivity index (χ4n) is 2.63. The number of halogens is 2. The van der Waals surface area contributed by atoms with Crippen molar-refractivity contribution >= 4 is 68.2 Å². The second kappa shape index (κ2) is 8.54. The van der Waals surface area contributed by atoms with Crippen LogP contribution in [0.4, 0.5) is 5.13 Å². The minimum absolute atomic E-state index is 0.0612. The standard InChI is InChI=1S/C19H12Cl2N4O2S2/c20-13-6-5-11(9-14(13)21)25-17(27)12-3-1-2-4-15(12)23-19(25)29-10-16(26)24-18-22-7-8-28-18/h1-9H,10H2,(H,22,24,26). The number of carbonyl (C=O) groups excluding carboxylic acids is 1. The van der Waals surface area contributed by atoms with Crippen LogP contribution in [0, 0.1) is 0 Å². The third kappa shape index (κ3) is 4.30. The number of thiazole rings is 1. The van der Waals surface area contributed by atoms with E-state index >= 15 is 0 Å². The minimum Gasteiger partial charge on any atom is -0.301 e. The van der Waals surface area contributed by atoms with Crippen molar-refractivity contribution in [3.05, 3.63) is 74.4 Å². The van der Waals surface area contributed by atoms with Crippen molar-refractivity contribution in [2.45, 2.75) is 5.16 Å². The second-order valence-corrected chi connectivity index (χ2v) is 8.48. The molecule has 29 heavy (non-hydrogen) atoms. The van der Waals surface area contributed by atoms with Crippen LogP contribution < -0.4 is 10.9 Å². The number of nitrogens with one attached hydrogen (secondary N) is 1. The fraction of sp³-hybridized carbons (Fsp3) is 0.0526. The number of carbonyl (C=O) groups is 1. The van der Waals surface area contributed by atoms with E-state index in [0.29, 0.717) is 36.9 Å². The Bertz CT molecular complexity index is 1260. The van der Waals surface area contributed by atoms with Gasteiger partial charge in [-0.3, -0.25) is 14.2 Å². The van der Waals surface area contributed by atoms with Gasteiger partial charge in [0.1, 0.15) is 0 Å². The Morgan fingerprint density at radius 3 is 2.76 bits per heavy atom. The Kier molecular flexibility index (Phi) is 5.86. The van der Waals surface area contributed by atoms with Crippen molar-refractivity contribution in [2.75, 3.05) is 11.1 Å². The van der Waals surface area contributed by atoms with Crippen molar-refractivity contribution in [3.8, 4) is 5.69 Å². The smallest absolute Gasteiger partial charge is 0.266 e. The van der Waals surface area contributed by atoms with Gasteiger partial charge in [0.05, 0.1) is 32.4 Å². The molecule has 0 unspecified atom stereocenters. The van der Waals surface area contributed by atoms with Gasteiger partial charge in [-0.15, -0.1) is 11.3 Å². The zero-order valence-electron chi connectivity index (χ0n) is 14.6. The maximum Gasteiger partial charge on any atom is 0.266 e. The zero-order chi connectivity index (χ0) is 20.4. The number of anilines is 1. The maximum atomic E-state index is 13.2. The molecule has 2 aromatic carbocycles. The average molecular weight is 463 g/mol. The first-order valence-electron chi connectivity index (χ1n) is 8.32. The van der Waals surface area contributed by atoms with Crippen molar-refractivity contribution in [3.63, 3.8) is 0 Å². The molecule has 0 fully saturated rings. The highest BCUT2D eigenvalue weighted by Gasteiger charge is 2.16. The Morgan fingerprint density at radius 2 is 2.00 bits per heavy atom. The molecule has 4 rings (SSSR count). The van der Waals surface area contributed by atoms with Crippen LogP contribution in [0.3, 0.4) is 0 Å². The second-order valence-electron chi connectivity index (χ2n) is 5.82. The van der Waals surface area contributed by atoms with E-state index in [4.69, 9.17) is 23.2 Å². The molecule has 0 spiro atoms. The topological polar surface area (TPSA) is 76.9 Å². The molecule has 146 valence electrons. The Morgan fingerprint density at radius 1 is 1.17 bits per heavy atom. The molecule has 0 bridgehead atoms. The molecule has 6 nitrogen and oxygen atoms in total. The Balaban J connectivity index is 1.74. The van der Waals surface area contributed by atoms with Crippen molar-refractivity contribution < 1.29 is 4.79 Å². The van der Waals surface area contributed by atoms with E-state index in [9.17, 15) is 9.59 Å². The van der Waals surface area contributed by atoms with E-state index in [1.54, 1.807) is 48.0 Å². The number of para-hydroxylation sites is 1. The highest BCUT2D eigenvalue weighted by molar-refractivity contribution is 7.99. The van der Waals surface area contributed by atoms with E-state index in [1.165, 1.54) is 15.9 Å². The van der Waals surface area contributed by atoms with E-state index in [2.05, 4.69) is 15.3 Å². The monoisotopic (exact) mass is 462 g/mol. The van der Waals surface area contributed by atoms with Gasteiger partial charge in [-0.25, -0.2) is 9.97 Å². The van der Waals surface area contributed by atoms with Gasteiger partial charge >= 0.3 is 0 Å². The summed E-state index contributed by atoms with van der Waals surface area (Å²) in [5.74, 6) is -0.181. The molecule has 0 saturated heterocycles. The van der Waals surface area contributed by atoms with E-state index in [-0.39, 0.29) is 17.2 Å².